The van der Waals surface area contributed by atoms with Gasteiger partial charge in [-0.25, -0.2) is 15.0 Å². The van der Waals surface area contributed by atoms with E-state index in [0.29, 0.717) is 0 Å². The average Bonchev–Trinajstić information content (AvgIpc) is 3.20. The Morgan fingerprint density at radius 2 is 0.900 bits per heavy atom. The number of benzene rings is 6. The van der Waals surface area contributed by atoms with Crippen molar-refractivity contribution >= 4 is 33.5 Å². The van der Waals surface area contributed by atoms with Crippen LogP contribution in [0, 0.1) is 0 Å². The van der Waals surface area contributed by atoms with E-state index in [4.69, 9.17) is 19.9 Å². The molecular weight excluding hydrogens is 609 g/mol. The number of aliphatic imine (C=N–C) groups is 1. The fourth-order valence-electron chi connectivity index (χ4n) is 6.80. The molecule has 0 fully saturated rings. The molecule has 0 amide bonds. The zero-order valence-corrected chi connectivity index (χ0v) is 27.3. The maximum absolute atomic E-state index is 5.13. The van der Waals surface area contributed by atoms with Crippen LogP contribution in [0.5, 0.6) is 0 Å². The fraction of sp³-hybridized carbons (Fsp3) is 0.0435. The van der Waals surface area contributed by atoms with E-state index < -0.39 is 0 Å². The van der Waals surface area contributed by atoms with Crippen LogP contribution >= 0.6 is 0 Å². The lowest BCUT2D eigenvalue weighted by molar-refractivity contribution is 0.881. The van der Waals surface area contributed by atoms with Crippen LogP contribution in [0.25, 0.3) is 61.4 Å². The predicted molar refractivity (Wildman–Crippen MR) is 206 cm³/mol. The zero-order valence-electron chi connectivity index (χ0n) is 27.3. The Hall–Kier alpha value is -6.52. The van der Waals surface area contributed by atoms with Gasteiger partial charge < -0.3 is 0 Å². The van der Waals surface area contributed by atoms with Crippen LogP contribution in [0.1, 0.15) is 29.0 Å². The summed E-state index contributed by atoms with van der Waals surface area (Å²) in [6, 6.07) is 58.8. The lowest BCUT2D eigenvalue weighted by Gasteiger charge is -2.22. The van der Waals surface area contributed by atoms with E-state index in [-0.39, 0.29) is 5.92 Å². The van der Waals surface area contributed by atoms with Crippen molar-refractivity contribution in [3.63, 3.8) is 0 Å². The highest BCUT2D eigenvalue weighted by Crippen LogP contribution is 2.36. The molecule has 0 bridgehead atoms. The van der Waals surface area contributed by atoms with E-state index in [0.717, 1.165) is 84.7 Å². The summed E-state index contributed by atoms with van der Waals surface area (Å²) in [6.45, 7) is 0. The molecule has 0 N–H and O–H groups in total. The first-order valence-corrected chi connectivity index (χ1v) is 17.0. The molecule has 0 saturated carbocycles. The molecule has 0 radical (unpaired) electrons. The van der Waals surface area contributed by atoms with Crippen molar-refractivity contribution in [3.05, 3.63) is 193 Å². The molecular formula is C46H32N4. The molecule has 50 heavy (non-hydrogen) atoms. The summed E-state index contributed by atoms with van der Waals surface area (Å²) in [5, 5.41) is 0. The summed E-state index contributed by atoms with van der Waals surface area (Å²) in [7, 11) is 0. The first-order valence-electron chi connectivity index (χ1n) is 17.0. The monoisotopic (exact) mass is 640 g/mol. The molecule has 4 nitrogen and oxygen atoms in total. The molecule has 9 rings (SSSR count). The summed E-state index contributed by atoms with van der Waals surface area (Å²) < 4.78 is 0. The highest BCUT2D eigenvalue weighted by molar-refractivity contribution is 6.05. The molecule has 8 aromatic rings. The molecule has 0 aliphatic carbocycles. The van der Waals surface area contributed by atoms with Gasteiger partial charge in [-0.3, -0.25) is 4.99 Å². The summed E-state index contributed by atoms with van der Waals surface area (Å²) >= 11 is 0. The Morgan fingerprint density at radius 3 is 1.50 bits per heavy atom. The normalized spacial score (nSPS) is 14.4. The summed E-state index contributed by atoms with van der Waals surface area (Å²) in [5.74, 6) is 0.159. The van der Waals surface area contributed by atoms with E-state index in [2.05, 4.69) is 158 Å². The smallest absolute Gasteiger partial charge is 0.0900 e. The molecule has 236 valence electrons. The van der Waals surface area contributed by atoms with E-state index in [1.54, 1.807) is 0 Å². The van der Waals surface area contributed by atoms with Gasteiger partial charge in [-0.05, 0) is 64.2 Å². The molecule has 0 saturated heterocycles. The Morgan fingerprint density at radius 1 is 0.380 bits per heavy atom. The number of hydrogen-bond donors (Lipinski definition) is 0. The second kappa shape index (κ2) is 12.8. The summed E-state index contributed by atoms with van der Waals surface area (Å²) in [6.07, 6.45) is 3.11. The van der Waals surface area contributed by atoms with E-state index in [1.807, 2.05) is 18.2 Å². The molecule has 4 heteroatoms. The Labute approximate surface area is 291 Å². The number of fused-ring (bicyclic) bond motifs is 2. The largest absolute Gasteiger partial charge is 0.252 e. The van der Waals surface area contributed by atoms with Gasteiger partial charge in [0.25, 0.3) is 0 Å². The van der Waals surface area contributed by atoms with Crippen LogP contribution < -0.4 is 0 Å². The quantitative estimate of drug-likeness (QED) is 0.170. The van der Waals surface area contributed by atoms with Gasteiger partial charge in [0.15, 0.2) is 0 Å². The van der Waals surface area contributed by atoms with E-state index in [1.165, 1.54) is 5.56 Å². The Balaban J connectivity index is 1.09. The van der Waals surface area contributed by atoms with Crippen LogP contribution in [-0.4, -0.2) is 20.7 Å². The van der Waals surface area contributed by atoms with E-state index in [9.17, 15) is 0 Å². The van der Waals surface area contributed by atoms with Gasteiger partial charge in [0.2, 0.25) is 0 Å². The Bertz CT molecular complexity index is 2480. The SMILES string of the molecule is C1=C(c2ccccc2)N=C(c2ccccc2)CC1c1ccc2nc3cc(-c4cc(-c5ccccc5)nc(-c5ccccc5)c4)ccc3nc2c1. The number of pyridine rings is 1. The minimum atomic E-state index is 0.159. The maximum atomic E-state index is 5.13. The van der Waals surface area contributed by atoms with Crippen LogP contribution in [0.3, 0.4) is 0 Å². The molecule has 6 aromatic carbocycles. The highest BCUT2D eigenvalue weighted by atomic mass is 14.8. The molecule has 1 aliphatic heterocycles. The summed E-state index contributed by atoms with van der Waals surface area (Å²) in [5.41, 5.74) is 15.3. The lowest BCUT2D eigenvalue weighted by atomic mass is 9.87. The lowest BCUT2D eigenvalue weighted by Crippen LogP contribution is -2.12. The molecule has 0 spiro atoms. The highest BCUT2D eigenvalue weighted by Gasteiger charge is 2.21. The van der Waals surface area contributed by atoms with Gasteiger partial charge in [0, 0.05) is 29.2 Å². The van der Waals surface area contributed by atoms with Gasteiger partial charge in [-0.1, -0.05) is 140 Å². The third-order valence-electron chi connectivity index (χ3n) is 9.39. The molecule has 1 atom stereocenters. The second-order valence-corrected chi connectivity index (χ2v) is 12.7. The van der Waals surface area contributed by atoms with Crippen molar-refractivity contribution in [2.75, 3.05) is 0 Å². The van der Waals surface area contributed by atoms with Crippen LogP contribution in [-0.2, 0) is 0 Å². The number of rotatable bonds is 6. The van der Waals surface area contributed by atoms with Crippen LogP contribution in [0.15, 0.2) is 181 Å². The van der Waals surface area contributed by atoms with Crippen LogP contribution in [0.2, 0.25) is 0 Å². The zero-order chi connectivity index (χ0) is 33.3. The van der Waals surface area contributed by atoms with E-state index >= 15 is 0 Å². The first kappa shape index (κ1) is 29.6. The third kappa shape index (κ3) is 5.88. The first-order chi connectivity index (χ1) is 24.7. The van der Waals surface area contributed by atoms with Crippen molar-refractivity contribution in [1.82, 2.24) is 15.0 Å². The predicted octanol–water partition coefficient (Wildman–Crippen LogP) is 11.2. The van der Waals surface area contributed by atoms with Crippen molar-refractivity contribution in [2.24, 2.45) is 4.99 Å². The molecule has 2 aromatic heterocycles. The Kier molecular flexibility index (Phi) is 7.60. The van der Waals surface area contributed by atoms with Gasteiger partial charge >= 0.3 is 0 Å². The minimum Gasteiger partial charge on any atom is -0.252 e. The van der Waals surface area contributed by atoms with Gasteiger partial charge in [-0.15, -0.1) is 0 Å². The topological polar surface area (TPSA) is 51.0 Å². The van der Waals surface area contributed by atoms with Gasteiger partial charge in [-0.2, -0.15) is 0 Å². The maximum Gasteiger partial charge on any atom is 0.0900 e. The minimum absolute atomic E-state index is 0.159. The van der Waals surface area contributed by atoms with Crippen molar-refractivity contribution in [2.45, 2.75) is 12.3 Å². The standard InChI is InChI=1S/C46H32N4/c1-5-13-31(14-6-1)41-27-37(28-42(49-41)32-15-7-2-8-16-32)35-21-23-39-45(25-35)47-40-24-22-36(26-46(40)48-39)38-29-43(33-17-9-3-10-18-33)50-44(30-38)34-19-11-4-12-20-34/h1-29,38H,30H2. The van der Waals surface area contributed by atoms with Crippen molar-refractivity contribution < 1.29 is 0 Å². The van der Waals surface area contributed by atoms with Crippen molar-refractivity contribution in [1.29, 1.82) is 0 Å². The molecule has 1 unspecified atom stereocenters. The van der Waals surface area contributed by atoms with Crippen LogP contribution in [0.4, 0.5) is 0 Å². The van der Waals surface area contributed by atoms with Gasteiger partial charge in [0.1, 0.15) is 0 Å². The number of hydrogen-bond acceptors (Lipinski definition) is 4. The average molecular weight is 641 g/mol. The fourth-order valence-corrected chi connectivity index (χ4v) is 6.80. The second-order valence-electron chi connectivity index (χ2n) is 12.7. The number of nitrogens with zero attached hydrogens (tertiary/aromatic N) is 4. The molecule has 3 heterocycles. The van der Waals surface area contributed by atoms with Crippen molar-refractivity contribution in [3.8, 4) is 33.6 Å². The summed E-state index contributed by atoms with van der Waals surface area (Å²) in [4.78, 5) is 20.4. The number of aromatic nitrogens is 3. The number of allylic oxidation sites excluding steroid dienone is 1. The molecule has 1 aliphatic rings. The van der Waals surface area contributed by atoms with Gasteiger partial charge in [0.05, 0.1) is 39.2 Å². The third-order valence-corrected chi connectivity index (χ3v) is 9.39.